The molecule has 0 bridgehead atoms. The number of hydrogen-bond donors (Lipinski definition) is 1. The average Bonchev–Trinajstić information content (AvgIpc) is 3.19. The maximum atomic E-state index is 12.9. The molecule has 1 N–H and O–H groups in total. The summed E-state index contributed by atoms with van der Waals surface area (Å²) in [6.45, 7) is 3.46. The molecule has 2 aromatic rings. The Balaban J connectivity index is 0.00000280. The van der Waals surface area contributed by atoms with Crippen molar-refractivity contribution in [2.75, 3.05) is 26.2 Å². The first-order chi connectivity index (χ1) is 13.0. The molecule has 0 amide bonds. The summed E-state index contributed by atoms with van der Waals surface area (Å²) in [5.74, 6) is -0.645. The number of esters is 1. The van der Waals surface area contributed by atoms with Crippen LogP contribution in [0.4, 0.5) is 0 Å². The van der Waals surface area contributed by atoms with Crippen LogP contribution in [0.15, 0.2) is 57.5 Å². The van der Waals surface area contributed by atoms with E-state index in [0.29, 0.717) is 17.7 Å². The molecule has 0 aliphatic carbocycles. The predicted molar refractivity (Wildman–Crippen MR) is 120 cm³/mol. The summed E-state index contributed by atoms with van der Waals surface area (Å²) < 4.78 is 7.25. The van der Waals surface area contributed by atoms with E-state index < -0.39 is 11.6 Å². The van der Waals surface area contributed by atoms with Gasteiger partial charge in [-0.25, -0.2) is 4.79 Å². The summed E-state index contributed by atoms with van der Waals surface area (Å²) in [4.78, 5) is 15.3. The number of carbonyl (C=O) groups excluding carboxylic acids is 1. The minimum Gasteiger partial charge on any atom is -0.463 e. The van der Waals surface area contributed by atoms with Crippen molar-refractivity contribution in [2.24, 2.45) is 0 Å². The molecular weight excluding hydrogens is 509 g/mol. The number of aliphatic hydroxyl groups is 1. The molecule has 0 atom stereocenters. The summed E-state index contributed by atoms with van der Waals surface area (Å²) in [5, 5.41) is 11.4. The van der Waals surface area contributed by atoms with Crippen molar-refractivity contribution in [1.29, 1.82) is 0 Å². The van der Waals surface area contributed by atoms with Crippen molar-refractivity contribution in [3.05, 3.63) is 68.6 Å². The number of hydrogen-bond acceptors (Lipinski definition) is 4. The molecule has 0 radical (unpaired) electrons. The first-order valence-electron chi connectivity index (χ1n) is 9.14. The summed E-state index contributed by atoms with van der Waals surface area (Å²) >= 11 is 6.78. The fourth-order valence-corrected chi connectivity index (χ4v) is 3.88. The number of nitrogens with zero attached hydrogens (tertiary/aromatic N) is 1. The second-order valence-electron chi connectivity index (χ2n) is 6.76. The van der Waals surface area contributed by atoms with Crippen LogP contribution in [0, 0.1) is 0 Å². The molecule has 2 aromatic carbocycles. The van der Waals surface area contributed by atoms with Crippen molar-refractivity contribution >= 4 is 50.2 Å². The largest absolute Gasteiger partial charge is 0.463 e. The van der Waals surface area contributed by atoms with E-state index in [1.54, 1.807) is 48.5 Å². The zero-order valence-electron chi connectivity index (χ0n) is 15.4. The molecule has 0 unspecified atom stereocenters. The summed E-state index contributed by atoms with van der Waals surface area (Å²) in [5.41, 5.74) is -0.871. The predicted octanol–water partition coefficient (Wildman–Crippen LogP) is 4.90. The third-order valence-corrected chi connectivity index (χ3v) is 5.93. The van der Waals surface area contributed by atoms with Gasteiger partial charge in [-0.05, 0) is 67.7 Å². The van der Waals surface area contributed by atoms with Crippen molar-refractivity contribution in [1.82, 2.24) is 4.90 Å². The second kappa shape index (κ2) is 10.7. The first kappa shape index (κ1) is 23.4. The minimum atomic E-state index is -1.84. The van der Waals surface area contributed by atoms with Crippen LogP contribution in [0.5, 0.6) is 0 Å². The summed E-state index contributed by atoms with van der Waals surface area (Å²) in [6, 6.07) is 14.2. The van der Waals surface area contributed by atoms with Gasteiger partial charge in [0.15, 0.2) is 0 Å². The number of halogens is 3. The molecule has 3 rings (SSSR count). The lowest BCUT2D eigenvalue weighted by Crippen LogP contribution is -2.39. The average molecular weight is 534 g/mol. The van der Waals surface area contributed by atoms with Gasteiger partial charge < -0.3 is 14.7 Å². The van der Waals surface area contributed by atoms with Gasteiger partial charge in [0, 0.05) is 15.5 Å². The highest BCUT2D eigenvalue weighted by Gasteiger charge is 2.41. The van der Waals surface area contributed by atoms with Crippen LogP contribution < -0.4 is 0 Å². The van der Waals surface area contributed by atoms with Crippen molar-refractivity contribution in [3.8, 4) is 0 Å². The van der Waals surface area contributed by atoms with E-state index in [2.05, 4.69) is 36.8 Å². The van der Waals surface area contributed by atoms with Crippen LogP contribution in [0.25, 0.3) is 0 Å². The number of ether oxygens (including phenoxy) is 1. The molecule has 0 spiro atoms. The van der Waals surface area contributed by atoms with Gasteiger partial charge in [0.2, 0.25) is 5.60 Å². The Morgan fingerprint density at radius 3 is 1.89 bits per heavy atom. The molecule has 0 saturated carbocycles. The second-order valence-corrected chi connectivity index (χ2v) is 8.59. The standard InChI is InChI=1S/C21H23Br2NO3.ClH/c22-18-8-4-16(5-9-18)21(26,17-6-10-19(23)11-7-17)20(25)27-15-3-14-24-12-1-2-13-24;/h4-11,26H,1-3,12-15H2;1H. The van der Waals surface area contributed by atoms with Gasteiger partial charge >= 0.3 is 5.97 Å². The smallest absolute Gasteiger partial charge is 0.347 e. The van der Waals surface area contributed by atoms with Crippen LogP contribution in [0.1, 0.15) is 30.4 Å². The Labute approximate surface area is 188 Å². The Hall–Kier alpha value is -0.920. The van der Waals surface area contributed by atoms with Gasteiger partial charge in [-0.1, -0.05) is 56.1 Å². The lowest BCUT2D eigenvalue weighted by molar-refractivity contribution is -0.162. The van der Waals surface area contributed by atoms with Crippen LogP contribution >= 0.6 is 44.3 Å². The molecule has 4 nitrogen and oxygen atoms in total. The Kier molecular flexibility index (Phi) is 8.96. The minimum absolute atomic E-state index is 0. The number of rotatable bonds is 7. The van der Waals surface area contributed by atoms with E-state index in [4.69, 9.17) is 4.74 Å². The van der Waals surface area contributed by atoms with Crippen molar-refractivity contribution < 1.29 is 14.6 Å². The zero-order valence-corrected chi connectivity index (χ0v) is 19.4. The topological polar surface area (TPSA) is 49.8 Å². The Bertz CT molecular complexity index is 717. The maximum absolute atomic E-state index is 12.9. The SMILES string of the molecule is Cl.O=C(OCCCN1CCCC1)C(O)(c1ccc(Br)cc1)c1ccc(Br)cc1. The molecule has 152 valence electrons. The molecule has 1 saturated heterocycles. The van der Waals surface area contributed by atoms with Gasteiger partial charge in [-0.15, -0.1) is 12.4 Å². The van der Waals surface area contributed by atoms with Gasteiger partial charge in [0.1, 0.15) is 0 Å². The first-order valence-corrected chi connectivity index (χ1v) is 10.7. The highest BCUT2D eigenvalue weighted by atomic mass is 79.9. The summed E-state index contributed by atoms with van der Waals surface area (Å²) in [6.07, 6.45) is 3.25. The monoisotopic (exact) mass is 531 g/mol. The van der Waals surface area contributed by atoms with Gasteiger partial charge in [-0.2, -0.15) is 0 Å². The molecule has 1 aliphatic heterocycles. The lowest BCUT2D eigenvalue weighted by Gasteiger charge is -2.27. The molecule has 28 heavy (non-hydrogen) atoms. The van der Waals surface area contributed by atoms with Crippen molar-refractivity contribution in [3.63, 3.8) is 0 Å². The highest BCUT2D eigenvalue weighted by molar-refractivity contribution is 9.10. The van der Waals surface area contributed by atoms with Crippen molar-refractivity contribution in [2.45, 2.75) is 24.9 Å². The van der Waals surface area contributed by atoms with E-state index >= 15 is 0 Å². The van der Waals surface area contributed by atoms with E-state index in [9.17, 15) is 9.90 Å². The third-order valence-electron chi connectivity index (χ3n) is 4.87. The summed E-state index contributed by atoms with van der Waals surface area (Å²) in [7, 11) is 0. The third kappa shape index (κ3) is 5.57. The van der Waals surface area contributed by atoms with Gasteiger partial charge in [0.25, 0.3) is 0 Å². The Morgan fingerprint density at radius 1 is 0.964 bits per heavy atom. The molecule has 1 fully saturated rings. The molecule has 0 aromatic heterocycles. The molecular formula is C21H24Br2ClNO3. The molecule has 7 heteroatoms. The maximum Gasteiger partial charge on any atom is 0.347 e. The fraction of sp³-hybridized carbons (Fsp3) is 0.381. The van der Waals surface area contributed by atoms with E-state index in [1.165, 1.54) is 12.8 Å². The van der Waals surface area contributed by atoms with E-state index in [1.807, 2.05) is 0 Å². The zero-order chi connectivity index (χ0) is 19.3. The highest BCUT2D eigenvalue weighted by Crippen LogP contribution is 2.33. The fourth-order valence-electron chi connectivity index (χ4n) is 3.35. The number of carbonyl (C=O) groups is 1. The van der Waals surface area contributed by atoms with E-state index in [0.717, 1.165) is 35.0 Å². The van der Waals surface area contributed by atoms with Crippen LogP contribution in [-0.2, 0) is 15.1 Å². The van der Waals surface area contributed by atoms with Crippen LogP contribution in [-0.4, -0.2) is 42.2 Å². The number of likely N-dealkylation sites (tertiary alicyclic amines) is 1. The lowest BCUT2D eigenvalue weighted by atomic mass is 9.86. The normalized spacial score (nSPS) is 14.5. The van der Waals surface area contributed by atoms with Crippen LogP contribution in [0.2, 0.25) is 0 Å². The quantitative estimate of drug-likeness (QED) is 0.407. The van der Waals surface area contributed by atoms with E-state index in [-0.39, 0.29) is 12.4 Å². The van der Waals surface area contributed by atoms with Gasteiger partial charge in [0.05, 0.1) is 6.61 Å². The molecule has 1 heterocycles. The Morgan fingerprint density at radius 2 is 1.43 bits per heavy atom. The van der Waals surface area contributed by atoms with Crippen LogP contribution in [0.3, 0.4) is 0 Å². The molecule has 1 aliphatic rings. The number of benzene rings is 2. The van der Waals surface area contributed by atoms with Gasteiger partial charge in [-0.3, -0.25) is 0 Å².